The van der Waals surface area contributed by atoms with Crippen LogP contribution in [0.4, 0.5) is 0 Å². The lowest BCUT2D eigenvalue weighted by Crippen LogP contribution is -2.39. The molecule has 0 aliphatic rings. The maximum Gasteiger partial charge on any atom is 0.437 e. The summed E-state index contributed by atoms with van der Waals surface area (Å²) in [4.78, 5) is 24.8. The van der Waals surface area contributed by atoms with Gasteiger partial charge < -0.3 is 14.3 Å². The van der Waals surface area contributed by atoms with Crippen LogP contribution in [0.2, 0.25) is 0 Å². The third-order valence-electron chi connectivity index (χ3n) is 3.41. The minimum Gasteiger partial charge on any atom is -0.387 e. The first kappa shape index (κ1) is 16.2. The normalized spacial score (nSPS) is 12.2. The molecule has 0 saturated heterocycles. The molecule has 3 aromatic rings. The van der Waals surface area contributed by atoms with Gasteiger partial charge in [-0.05, 0) is 24.8 Å². The van der Waals surface area contributed by atoms with Crippen LogP contribution in [-0.4, -0.2) is 26.9 Å². The molecule has 0 radical (unpaired) electrons. The minimum absolute atomic E-state index is 0.137. The summed E-state index contributed by atoms with van der Waals surface area (Å²) < 4.78 is 11.3. The molecule has 1 N–H and O–H groups in total. The number of rotatable bonds is 6. The Morgan fingerprint density at radius 3 is 2.96 bits per heavy atom. The van der Waals surface area contributed by atoms with Crippen LogP contribution in [0.3, 0.4) is 0 Å². The molecular formula is C15H16N4O4S. The Hall–Kier alpha value is -2.68. The Morgan fingerprint density at radius 1 is 1.50 bits per heavy atom. The van der Waals surface area contributed by atoms with Gasteiger partial charge in [0.25, 0.3) is 11.8 Å². The molecule has 8 nitrogen and oxygen atoms in total. The number of hydrogen-bond donors (Lipinski definition) is 1. The van der Waals surface area contributed by atoms with Gasteiger partial charge in [-0.1, -0.05) is 18.1 Å². The van der Waals surface area contributed by atoms with E-state index in [1.54, 1.807) is 13.0 Å². The van der Waals surface area contributed by atoms with Crippen molar-refractivity contribution in [1.29, 1.82) is 0 Å². The van der Waals surface area contributed by atoms with Gasteiger partial charge in [0.15, 0.2) is 0 Å². The smallest absolute Gasteiger partial charge is 0.387 e. The highest BCUT2D eigenvalue weighted by atomic mass is 32.1. The molecule has 1 amide bonds. The first-order chi connectivity index (χ1) is 11.6. The zero-order chi connectivity index (χ0) is 17.1. The monoisotopic (exact) mass is 348 g/mol. The summed E-state index contributed by atoms with van der Waals surface area (Å²) >= 11 is 1.44. The van der Waals surface area contributed by atoms with E-state index in [4.69, 9.17) is 8.94 Å². The van der Waals surface area contributed by atoms with Crippen molar-refractivity contribution in [3.63, 3.8) is 0 Å². The van der Waals surface area contributed by atoms with E-state index < -0.39 is 5.76 Å². The molecule has 3 aromatic heterocycles. The molecule has 0 saturated carbocycles. The fourth-order valence-electron chi connectivity index (χ4n) is 2.13. The molecule has 3 heterocycles. The van der Waals surface area contributed by atoms with Gasteiger partial charge in [0, 0.05) is 12.1 Å². The van der Waals surface area contributed by atoms with E-state index in [1.165, 1.54) is 16.0 Å². The van der Waals surface area contributed by atoms with Crippen LogP contribution >= 0.6 is 11.3 Å². The number of aromatic nitrogens is 3. The van der Waals surface area contributed by atoms with Crippen LogP contribution in [-0.2, 0) is 6.54 Å². The number of nitrogens with one attached hydrogen (secondary N) is 1. The van der Waals surface area contributed by atoms with Crippen LogP contribution < -0.4 is 11.1 Å². The summed E-state index contributed by atoms with van der Waals surface area (Å²) in [5, 5.41) is 12.6. The third-order valence-corrected chi connectivity index (χ3v) is 4.27. The van der Waals surface area contributed by atoms with Crippen molar-refractivity contribution < 1.29 is 13.7 Å². The second-order valence-electron chi connectivity index (χ2n) is 5.24. The van der Waals surface area contributed by atoms with Crippen LogP contribution in [0, 0.1) is 6.92 Å². The van der Waals surface area contributed by atoms with Gasteiger partial charge in [-0.25, -0.2) is 4.79 Å². The average molecular weight is 348 g/mol. The standard InChI is InChI=1S/C15H16N4O4S/c1-3-10(16-13(20)11-7-9(2)18-23-11)8-19-15(21)22-14(17-19)12-5-4-6-24-12/h4-7,10H,3,8H2,1-2H3,(H,16,20)/t10-/m0/s1. The van der Waals surface area contributed by atoms with Crippen molar-refractivity contribution in [2.24, 2.45) is 0 Å². The maximum absolute atomic E-state index is 12.1. The van der Waals surface area contributed by atoms with Gasteiger partial charge >= 0.3 is 5.76 Å². The van der Waals surface area contributed by atoms with Gasteiger partial charge in [-0.2, -0.15) is 4.68 Å². The number of thiophene rings is 1. The molecule has 1 atom stereocenters. The topological polar surface area (TPSA) is 103 Å². The fraction of sp³-hybridized carbons (Fsp3) is 0.333. The third kappa shape index (κ3) is 3.46. The number of carbonyl (C=O) groups is 1. The summed E-state index contributed by atoms with van der Waals surface area (Å²) in [5.41, 5.74) is 0.626. The summed E-state index contributed by atoms with van der Waals surface area (Å²) in [6, 6.07) is 4.94. The van der Waals surface area contributed by atoms with Gasteiger partial charge in [-0.15, -0.1) is 16.4 Å². The molecule has 126 valence electrons. The predicted molar refractivity (Wildman–Crippen MR) is 86.9 cm³/mol. The SMILES string of the molecule is CC[C@@H](Cn1nc(-c2cccs2)oc1=O)NC(=O)c1cc(C)no1. The van der Waals surface area contributed by atoms with Crippen molar-refractivity contribution in [3.8, 4) is 10.8 Å². The van der Waals surface area contributed by atoms with Gasteiger partial charge in [0.05, 0.1) is 17.1 Å². The first-order valence-corrected chi connectivity index (χ1v) is 8.30. The van der Waals surface area contributed by atoms with Crippen molar-refractivity contribution in [1.82, 2.24) is 20.3 Å². The summed E-state index contributed by atoms with van der Waals surface area (Å²) in [6.07, 6.45) is 0.618. The molecular weight excluding hydrogens is 332 g/mol. The molecule has 0 spiro atoms. The largest absolute Gasteiger partial charge is 0.437 e. The van der Waals surface area contributed by atoms with Crippen LogP contribution in [0.1, 0.15) is 29.6 Å². The molecule has 0 bridgehead atoms. The second-order valence-corrected chi connectivity index (χ2v) is 6.19. The Morgan fingerprint density at radius 2 is 2.33 bits per heavy atom. The Balaban J connectivity index is 1.71. The quantitative estimate of drug-likeness (QED) is 0.731. The number of aryl methyl sites for hydroxylation is 1. The van der Waals surface area contributed by atoms with Crippen LogP contribution in [0.5, 0.6) is 0 Å². The Labute approximate surface area is 141 Å². The lowest BCUT2D eigenvalue weighted by Gasteiger charge is -2.14. The highest BCUT2D eigenvalue weighted by Gasteiger charge is 2.19. The maximum atomic E-state index is 12.1. The average Bonchev–Trinajstić information content (AvgIpc) is 3.28. The number of hydrogen-bond acceptors (Lipinski definition) is 7. The second kappa shape index (κ2) is 6.83. The highest BCUT2D eigenvalue weighted by molar-refractivity contribution is 7.13. The molecule has 0 aliphatic heterocycles. The molecule has 0 aromatic carbocycles. The van der Waals surface area contributed by atoms with E-state index in [1.807, 2.05) is 24.4 Å². The van der Waals surface area contributed by atoms with Crippen molar-refractivity contribution in [3.05, 3.63) is 45.6 Å². The van der Waals surface area contributed by atoms with Crippen LogP contribution in [0.25, 0.3) is 10.8 Å². The van der Waals surface area contributed by atoms with E-state index in [-0.39, 0.29) is 30.1 Å². The molecule has 3 rings (SSSR count). The number of carbonyl (C=O) groups excluding carboxylic acids is 1. The zero-order valence-electron chi connectivity index (χ0n) is 13.2. The molecule has 0 unspecified atom stereocenters. The number of nitrogens with zero attached hydrogens (tertiary/aromatic N) is 3. The predicted octanol–water partition coefficient (Wildman–Crippen LogP) is 2.07. The van der Waals surface area contributed by atoms with Gasteiger partial charge in [-0.3, -0.25) is 4.79 Å². The fourth-order valence-corrected chi connectivity index (χ4v) is 2.78. The van der Waals surface area contributed by atoms with Crippen molar-refractivity contribution >= 4 is 17.2 Å². The highest BCUT2D eigenvalue weighted by Crippen LogP contribution is 2.21. The van der Waals surface area contributed by atoms with Gasteiger partial charge in [0.1, 0.15) is 0 Å². The lowest BCUT2D eigenvalue weighted by molar-refractivity contribution is 0.0893. The molecule has 9 heteroatoms. The Bertz CT molecular complexity index is 878. The summed E-state index contributed by atoms with van der Waals surface area (Å²) in [6.45, 7) is 3.85. The molecule has 0 fully saturated rings. The van der Waals surface area contributed by atoms with Gasteiger partial charge in [0.2, 0.25) is 5.76 Å². The number of amides is 1. The van der Waals surface area contributed by atoms with E-state index in [2.05, 4.69) is 15.6 Å². The molecule has 0 aliphatic carbocycles. The first-order valence-electron chi connectivity index (χ1n) is 7.43. The minimum atomic E-state index is -0.554. The van der Waals surface area contributed by atoms with E-state index in [0.717, 1.165) is 4.88 Å². The summed E-state index contributed by atoms with van der Waals surface area (Å²) in [7, 11) is 0. The lowest BCUT2D eigenvalue weighted by atomic mass is 10.2. The van der Waals surface area contributed by atoms with Crippen molar-refractivity contribution in [2.45, 2.75) is 32.9 Å². The molecule has 24 heavy (non-hydrogen) atoms. The zero-order valence-corrected chi connectivity index (χ0v) is 14.0. The van der Waals surface area contributed by atoms with Crippen LogP contribution in [0.15, 0.2) is 37.3 Å². The Kier molecular flexibility index (Phi) is 4.61. The summed E-state index contributed by atoms with van der Waals surface area (Å²) in [5.74, 6) is -0.515. The van der Waals surface area contributed by atoms with E-state index in [0.29, 0.717) is 12.1 Å². The van der Waals surface area contributed by atoms with E-state index in [9.17, 15) is 9.59 Å². The van der Waals surface area contributed by atoms with E-state index >= 15 is 0 Å². The van der Waals surface area contributed by atoms with Crippen molar-refractivity contribution in [2.75, 3.05) is 0 Å².